The zero-order valence-corrected chi connectivity index (χ0v) is 14.8. The topological polar surface area (TPSA) is 37.4 Å². The van der Waals surface area contributed by atoms with Crippen molar-refractivity contribution in [2.75, 3.05) is 13.1 Å². The fourth-order valence-corrected chi connectivity index (χ4v) is 3.92. The molecule has 0 unspecified atom stereocenters. The molecule has 0 saturated heterocycles. The molecule has 2 aromatic rings. The van der Waals surface area contributed by atoms with Crippen molar-refractivity contribution in [1.29, 1.82) is 0 Å². The van der Waals surface area contributed by atoms with Crippen molar-refractivity contribution < 1.29 is 8.42 Å². The molecule has 2 rings (SSSR count). The standard InChI is InChI=1S/C20H21NO2S/c1-4-5-15-21(16-18(3)19-12-7-6-8-13-19)24(22,23)20-14-10-9-11-17(20)2/h6-14H,3,15-16H2,1-2H3. The van der Waals surface area contributed by atoms with E-state index in [9.17, 15) is 8.42 Å². The van der Waals surface area contributed by atoms with Crippen molar-refractivity contribution in [3.05, 3.63) is 72.3 Å². The lowest BCUT2D eigenvalue weighted by Gasteiger charge is -2.22. The summed E-state index contributed by atoms with van der Waals surface area (Å²) >= 11 is 0. The zero-order valence-electron chi connectivity index (χ0n) is 14.0. The van der Waals surface area contributed by atoms with E-state index in [0.29, 0.717) is 4.90 Å². The Morgan fingerprint density at radius 2 is 1.71 bits per heavy atom. The van der Waals surface area contributed by atoms with Crippen LogP contribution in [-0.4, -0.2) is 25.8 Å². The molecule has 0 N–H and O–H groups in total. The average molecular weight is 339 g/mol. The number of hydrogen-bond donors (Lipinski definition) is 0. The summed E-state index contributed by atoms with van der Waals surface area (Å²) in [5.41, 5.74) is 2.38. The largest absolute Gasteiger partial charge is 0.244 e. The molecule has 0 spiro atoms. The van der Waals surface area contributed by atoms with Gasteiger partial charge >= 0.3 is 0 Å². The third-order valence-corrected chi connectivity index (χ3v) is 5.64. The molecule has 0 saturated carbocycles. The van der Waals surface area contributed by atoms with E-state index in [1.54, 1.807) is 32.0 Å². The van der Waals surface area contributed by atoms with Gasteiger partial charge in [-0.3, -0.25) is 0 Å². The number of aryl methyl sites for hydroxylation is 1. The second-order valence-electron chi connectivity index (χ2n) is 5.43. The summed E-state index contributed by atoms with van der Waals surface area (Å²) in [6.07, 6.45) is 0. The Kier molecular flexibility index (Phi) is 5.97. The van der Waals surface area contributed by atoms with Crippen molar-refractivity contribution in [2.24, 2.45) is 0 Å². The predicted octanol–water partition coefficient (Wildman–Crippen LogP) is 3.72. The Bertz CT molecular complexity index is 875. The number of rotatable bonds is 6. The summed E-state index contributed by atoms with van der Waals surface area (Å²) in [7, 11) is -3.64. The molecular weight excluding hydrogens is 318 g/mol. The van der Waals surface area contributed by atoms with E-state index in [0.717, 1.165) is 16.7 Å². The van der Waals surface area contributed by atoms with Crippen LogP contribution in [-0.2, 0) is 10.0 Å². The Balaban J connectivity index is 2.36. The molecule has 0 fully saturated rings. The van der Waals surface area contributed by atoms with Gasteiger partial charge in [0.15, 0.2) is 0 Å². The molecule has 0 heterocycles. The summed E-state index contributed by atoms with van der Waals surface area (Å²) < 4.78 is 27.5. The highest BCUT2D eigenvalue weighted by Gasteiger charge is 2.25. The molecule has 24 heavy (non-hydrogen) atoms. The quantitative estimate of drug-likeness (QED) is 0.752. The van der Waals surface area contributed by atoms with Crippen molar-refractivity contribution >= 4 is 15.6 Å². The van der Waals surface area contributed by atoms with E-state index in [1.165, 1.54) is 4.31 Å². The average Bonchev–Trinajstić information content (AvgIpc) is 2.59. The van der Waals surface area contributed by atoms with Crippen LogP contribution in [0.25, 0.3) is 5.57 Å². The molecule has 0 atom stereocenters. The summed E-state index contributed by atoms with van der Waals surface area (Å²) in [5.74, 6) is 5.62. The Morgan fingerprint density at radius 1 is 1.08 bits per heavy atom. The van der Waals surface area contributed by atoms with Gasteiger partial charge in [0.05, 0.1) is 11.4 Å². The Labute approximate surface area is 144 Å². The highest BCUT2D eigenvalue weighted by atomic mass is 32.2. The first-order chi connectivity index (χ1) is 11.5. The van der Waals surface area contributed by atoms with Crippen LogP contribution in [0.4, 0.5) is 0 Å². The summed E-state index contributed by atoms with van der Waals surface area (Å²) in [5, 5.41) is 0. The van der Waals surface area contributed by atoms with Crippen molar-refractivity contribution in [1.82, 2.24) is 4.31 Å². The molecule has 0 bridgehead atoms. The molecule has 0 radical (unpaired) electrons. The third-order valence-electron chi connectivity index (χ3n) is 3.69. The summed E-state index contributed by atoms with van der Waals surface area (Å²) in [4.78, 5) is 0.309. The van der Waals surface area contributed by atoms with E-state index in [2.05, 4.69) is 18.4 Å². The highest BCUT2D eigenvalue weighted by molar-refractivity contribution is 7.89. The molecule has 0 aliphatic heterocycles. The molecule has 0 amide bonds. The number of benzene rings is 2. The first-order valence-electron chi connectivity index (χ1n) is 7.65. The lowest BCUT2D eigenvalue weighted by Crippen LogP contribution is -2.33. The lowest BCUT2D eigenvalue weighted by atomic mass is 10.1. The fourth-order valence-electron chi connectivity index (χ4n) is 2.36. The van der Waals surface area contributed by atoms with E-state index >= 15 is 0 Å². The van der Waals surface area contributed by atoms with Crippen molar-refractivity contribution in [2.45, 2.75) is 18.7 Å². The van der Waals surface area contributed by atoms with E-state index in [4.69, 9.17) is 0 Å². The normalized spacial score (nSPS) is 11.0. The molecule has 124 valence electrons. The van der Waals surface area contributed by atoms with Gasteiger partial charge in [-0.2, -0.15) is 4.31 Å². The molecule has 2 aromatic carbocycles. The Hall–Kier alpha value is -2.35. The van der Waals surface area contributed by atoms with Gasteiger partial charge in [-0.1, -0.05) is 61.0 Å². The smallest absolute Gasteiger partial charge is 0.207 e. The molecule has 0 aliphatic carbocycles. The molecular formula is C20H21NO2S. The van der Waals surface area contributed by atoms with Crippen LogP contribution in [0.3, 0.4) is 0 Å². The van der Waals surface area contributed by atoms with Gasteiger partial charge in [0.1, 0.15) is 0 Å². The second-order valence-corrected chi connectivity index (χ2v) is 7.34. The van der Waals surface area contributed by atoms with Gasteiger partial charge in [0, 0.05) is 6.54 Å². The monoisotopic (exact) mass is 339 g/mol. The van der Waals surface area contributed by atoms with E-state index < -0.39 is 10.0 Å². The van der Waals surface area contributed by atoms with Crippen molar-refractivity contribution in [3.63, 3.8) is 0 Å². The first-order valence-corrected chi connectivity index (χ1v) is 9.09. The maximum atomic E-state index is 13.0. The fraction of sp³-hybridized carbons (Fsp3) is 0.200. The predicted molar refractivity (Wildman–Crippen MR) is 98.9 cm³/mol. The van der Waals surface area contributed by atoms with Crippen LogP contribution in [0.1, 0.15) is 18.1 Å². The van der Waals surface area contributed by atoms with Crippen LogP contribution in [0.15, 0.2) is 66.1 Å². The van der Waals surface area contributed by atoms with Gasteiger partial charge in [0.25, 0.3) is 0 Å². The maximum absolute atomic E-state index is 13.0. The minimum absolute atomic E-state index is 0.138. The van der Waals surface area contributed by atoms with E-state index in [1.807, 2.05) is 36.4 Å². The molecule has 4 heteroatoms. The minimum Gasteiger partial charge on any atom is -0.207 e. The van der Waals surface area contributed by atoms with Crippen LogP contribution in [0.2, 0.25) is 0 Å². The van der Waals surface area contributed by atoms with Crippen LogP contribution in [0.5, 0.6) is 0 Å². The van der Waals surface area contributed by atoms with E-state index in [-0.39, 0.29) is 13.1 Å². The number of hydrogen-bond acceptors (Lipinski definition) is 2. The van der Waals surface area contributed by atoms with Gasteiger partial charge in [-0.05, 0) is 36.6 Å². The molecule has 3 nitrogen and oxygen atoms in total. The van der Waals surface area contributed by atoms with Crippen LogP contribution >= 0.6 is 0 Å². The zero-order chi connectivity index (χ0) is 17.6. The first kappa shape index (κ1) is 18.0. The molecule has 0 aliphatic rings. The van der Waals surface area contributed by atoms with Crippen molar-refractivity contribution in [3.8, 4) is 11.8 Å². The summed E-state index contributed by atoms with van der Waals surface area (Å²) in [6.45, 7) is 7.88. The molecule has 0 aromatic heterocycles. The van der Waals surface area contributed by atoms with Gasteiger partial charge in [-0.15, -0.1) is 5.92 Å². The maximum Gasteiger partial charge on any atom is 0.244 e. The number of sulfonamides is 1. The van der Waals surface area contributed by atoms with Gasteiger partial charge < -0.3 is 0 Å². The summed E-state index contributed by atoms with van der Waals surface area (Å²) in [6, 6.07) is 16.6. The SMILES string of the molecule is C=C(CN(CC#CC)S(=O)(=O)c1ccccc1C)c1ccccc1. The Morgan fingerprint density at radius 3 is 2.33 bits per heavy atom. The highest BCUT2D eigenvalue weighted by Crippen LogP contribution is 2.22. The third kappa shape index (κ3) is 4.14. The van der Waals surface area contributed by atoms with Gasteiger partial charge in [0.2, 0.25) is 10.0 Å². The van der Waals surface area contributed by atoms with Crippen LogP contribution < -0.4 is 0 Å². The second kappa shape index (κ2) is 7.96. The van der Waals surface area contributed by atoms with Crippen LogP contribution in [0, 0.1) is 18.8 Å². The minimum atomic E-state index is -3.64. The lowest BCUT2D eigenvalue weighted by molar-refractivity contribution is 0.481. The number of nitrogens with zero attached hydrogens (tertiary/aromatic N) is 1. The van der Waals surface area contributed by atoms with Gasteiger partial charge in [-0.25, -0.2) is 8.42 Å².